The first kappa shape index (κ1) is 10.6. The maximum Gasteiger partial charge on any atom is 0.145 e. The zero-order valence-corrected chi connectivity index (χ0v) is 8.72. The van der Waals surface area contributed by atoms with Crippen LogP contribution in [0, 0.1) is 12.7 Å². The zero-order valence-electron chi connectivity index (χ0n) is 8.72. The van der Waals surface area contributed by atoms with E-state index in [0.29, 0.717) is 22.6 Å². The Morgan fingerprint density at radius 2 is 2.12 bits per heavy atom. The van der Waals surface area contributed by atoms with Crippen LogP contribution in [0.5, 0.6) is 0 Å². The topological polar surface area (TPSA) is 54.7 Å². The molecule has 1 heterocycles. The van der Waals surface area contributed by atoms with E-state index in [-0.39, 0.29) is 5.56 Å². The number of H-pyrrole nitrogens is 1. The number of nitrogens with two attached hydrogens (primary N) is 1. The molecule has 2 rings (SSSR count). The van der Waals surface area contributed by atoms with Crippen LogP contribution in [-0.4, -0.2) is 10.2 Å². The van der Waals surface area contributed by atoms with Crippen LogP contribution in [0.2, 0.25) is 0 Å². The molecule has 0 bridgehead atoms. The number of nitrogens with zero attached hydrogens (tertiary/aromatic N) is 1. The third kappa shape index (κ3) is 1.76. The van der Waals surface area contributed by atoms with Gasteiger partial charge in [0.15, 0.2) is 0 Å². The van der Waals surface area contributed by atoms with Gasteiger partial charge in [-0.2, -0.15) is 5.10 Å². The van der Waals surface area contributed by atoms with E-state index in [9.17, 15) is 8.78 Å². The van der Waals surface area contributed by atoms with Crippen molar-refractivity contribution in [1.82, 2.24) is 10.2 Å². The van der Waals surface area contributed by atoms with E-state index in [1.54, 1.807) is 19.1 Å². The Morgan fingerprint density at radius 3 is 2.62 bits per heavy atom. The van der Waals surface area contributed by atoms with Gasteiger partial charge in [-0.25, -0.2) is 8.78 Å². The van der Waals surface area contributed by atoms with Crippen LogP contribution in [0.15, 0.2) is 18.2 Å². The summed E-state index contributed by atoms with van der Waals surface area (Å²) in [7, 11) is 0. The van der Waals surface area contributed by atoms with E-state index in [4.69, 9.17) is 5.73 Å². The number of anilines is 1. The number of nitrogens with one attached hydrogen (secondary N) is 1. The number of aryl methyl sites for hydroxylation is 1. The van der Waals surface area contributed by atoms with E-state index < -0.39 is 12.5 Å². The fourth-order valence-electron chi connectivity index (χ4n) is 1.58. The minimum atomic E-state index is -0.803. The van der Waals surface area contributed by atoms with Crippen molar-refractivity contribution in [2.75, 3.05) is 5.73 Å². The van der Waals surface area contributed by atoms with E-state index in [2.05, 4.69) is 10.2 Å². The van der Waals surface area contributed by atoms with Gasteiger partial charge in [0.25, 0.3) is 0 Å². The number of aromatic amines is 1. The fourth-order valence-corrected chi connectivity index (χ4v) is 1.58. The summed E-state index contributed by atoms with van der Waals surface area (Å²) in [6.07, 6.45) is 0. The molecule has 5 heteroatoms. The molecule has 1 aromatic carbocycles. The lowest BCUT2D eigenvalue weighted by molar-refractivity contribution is 0.462. The highest BCUT2D eigenvalue weighted by molar-refractivity contribution is 5.63. The molecular formula is C11H11F2N3. The highest BCUT2D eigenvalue weighted by atomic mass is 19.1. The van der Waals surface area contributed by atoms with Crippen LogP contribution in [-0.2, 0) is 6.67 Å². The lowest BCUT2D eigenvalue weighted by Gasteiger charge is -2.06. The van der Waals surface area contributed by atoms with Crippen molar-refractivity contribution in [1.29, 1.82) is 0 Å². The number of hydrogen-bond donors (Lipinski definition) is 2. The first-order chi connectivity index (χ1) is 7.61. The van der Waals surface area contributed by atoms with Gasteiger partial charge in [-0.3, -0.25) is 5.10 Å². The SMILES string of the molecule is Cc1cc(-c2cc(N)n[nH]2)cc(F)c1CF. The van der Waals surface area contributed by atoms with E-state index in [1.807, 2.05) is 0 Å². The van der Waals surface area contributed by atoms with Crippen molar-refractivity contribution >= 4 is 5.82 Å². The first-order valence-corrected chi connectivity index (χ1v) is 4.78. The number of nitrogen functional groups attached to an aromatic ring is 1. The monoisotopic (exact) mass is 223 g/mol. The van der Waals surface area contributed by atoms with E-state index >= 15 is 0 Å². The van der Waals surface area contributed by atoms with Gasteiger partial charge in [-0.1, -0.05) is 0 Å². The van der Waals surface area contributed by atoms with Crippen molar-refractivity contribution in [3.8, 4) is 11.3 Å². The van der Waals surface area contributed by atoms with Gasteiger partial charge in [0.2, 0.25) is 0 Å². The van der Waals surface area contributed by atoms with Gasteiger partial charge in [-0.05, 0) is 24.6 Å². The summed E-state index contributed by atoms with van der Waals surface area (Å²) >= 11 is 0. The Kier molecular flexibility index (Phi) is 2.60. The Balaban J connectivity index is 2.52. The Labute approximate surface area is 91.3 Å². The molecule has 3 N–H and O–H groups in total. The van der Waals surface area contributed by atoms with Crippen LogP contribution in [0.3, 0.4) is 0 Å². The normalized spacial score (nSPS) is 10.7. The number of halogens is 2. The molecule has 16 heavy (non-hydrogen) atoms. The Bertz CT molecular complexity index is 497. The van der Waals surface area contributed by atoms with Gasteiger partial charge in [0.05, 0.1) is 5.69 Å². The lowest BCUT2D eigenvalue weighted by atomic mass is 10.0. The zero-order chi connectivity index (χ0) is 11.7. The van der Waals surface area contributed by atoms with Crippen LogP contribution in [0.25, 0.3) is 11.3 Å². The highest BCUT2D eigenvalue weighted by Crippen LogP contribution is 2.24. The Hall–Kier alpha value is -1.91. The van der Waals surface area contributed by atoms with Crippen molar-refractivity contribution < 1.29 is 8.78 Å². The van der Waals surface area contributed by atoms with Gasteiger partial charge in [0.1, 0.15) is 18.3 Å². The second kappa shape index (κ2) is 3.92. The molecule has 0 saturated heterocycles. The lowest BCUT2D eigenvalue weighted by Crippen LogP contribution is -1.93. The van der Waals surface area contributed by atoms with Crippen molar-refractivity contribution in [2.24, 2.45) is 0 Å². The van der Waals surface area contributed by atoms with Gasteiger partial charge in [-0.15, -0.1) is 0 Å². The summed E-state index contributed by atoms with van der Waals surface area (Å²) in [6.45, 7) is 0.865. The molecule has 3 nitrogen and oxygen atoms in total. The molecule has 1 aromatic heterocycles. The largest absolute Gasteiger partial charge is 0.382 e. The smallest absolute Gasteiger partial charge is 0.145 e. The summed E-state index contributed by atoms with van der Waals surface area (Å²) < 4.78 is 26.0. The van der Waals surface area contributed by atoms with Gasteiger partial charge >= 0.3 is 0 Å². The molecule has 84 valence electrons. The van der Waals surface area contributed by atoms with Crippen LogP contribution in [0.1, 0.15) is 11.1 Å². The molecule has 0 aliphatic heterocycles. The molecule has 0 atom stereocenters. The third-order valence-corrected chi connectivity index (χ3v) is 2.46. The molecule has 0 spiro atoms. The van der Waals surface area contributed by atoms with Crippen LogP contribution in [0.4, 0.5) is 14.6 Å². The first-order valence-electron chi connectivity index (χ1n) is 4.78. The standard InChI is InChI=1S/C11H11F2N3/c1-6-2-7(3-9(13)8(6)5-12)10-4-11(14)16-15-10/h2-4H,5H2,1H3,(H3,14,15,16). The number of aromatic nitrogens is 2. The summed E-state index contributed by atoms with van der Waals surface area (Å²) in [4.78, 5) is 0. The second-order valence-corrected chi connectivity index (χ2v) is 3.59. The van der Waals surface area contributed by atoms with Crippen LogP contribution < -0.4 is 5.73 Å². The number of benzene rings is 1. The predicted octanol–water partition coefficient (Wildman–Crippen LogP) is 2.58. The van der Waals surface area contributed by atoms with Gasteiger partial charge < -0.3 is 5.73 Å². The molecule has 0 radical (unpaired) electrons. The predicted molar refractivity (Wildman–Crippen MR) is 57.9 cm³/mol. The second-order valence-electron chi connectivity index (χ2n) is 3.59. The van der Waals surface area contributed by atoms with E-state index in [1.165, 1.54) is 6.07 Å². The summed E-state index contributed by atoms with van der Waals surface area (Å²) in [5.41, 5.74) is 7.34. The summed E-state index contributed by atoms with van der Waals surface area (Å²) in [5.74, 6) is -0.215. The highest BCUT2D eigenvalue weighted by Gasteiger charge is 2.10. The molecule has 2 aromatic rings. The van der Waals surface area contributed by atoms with Crippen molar-refractivity contribution in [3.63, 3.8) is 0 Å². The summed E-state index contributed by atoms with van der Waals surface area (Å²) in [6, 6.07) is 4.57. The molecule has 0 unspecified atom stereocenters. The maximum absolute atomic E-state index is 13.5. The van der Waals surface area contributed by atoms with Gasteiger partial charge in [0, 0.05) is 17.2 Å². The Morgan fingerprint density at radius 1 is 1.38 bits per heavy atom. The number of rotatable bonds is 2. The maximum atomic E-state index is 13.5. The minimum absolute atomic E-state index is 0.0937. The molecule has 0 aliphatic rings. The third-order valence-electron chi connectivity index (χ3n) is 2.46. The van der Waals surface area contributed by atoms with Crippen molar-refractivity contribution in [3.05, 3.63) is 35.1 Å². The fraction of sp³-hybridized carbons (Fsp3) is 0.182. The molecular weight excluding hydrogens is 212 g/mol. The molecule has 0 aliphatic carbocycles. The molecule has 0 saturated carbocycles. The number of hydrogen-bond acceptors (Lipinski definition) is 2. The summed E-state index contributed by atoms with van der Waals surface area (Å²) in [5, 5.41) is 6.43. The molecule has 0 amide bonds. The minimum Gasteiger partial charge on any atom is -0.382 e. The molecule has 0 fully saturated rings. The quantitative estimate of drug-likeness (QED) is 0.822. The van der Waals surface area contributed by atoms with E-state index in [0.717, 1.165) is 0 Å². The van der Waals surface area contributed by atoms with Crippen molar-refractivity contribution in [2.45, 2.75) is 13.6 Å². The van der Waals surface area contributed by atoms with Crippen LogP contribution >= 0.6 is 0 Å². The number of alkyl halides is 1. The average Bonchev–Trinajstić information content (AvgIpc) is 2.64. The average molecular weight is 223 g/mol.